The number of nitrogens with two attached hydrogens (primary N) is 1. The normalized spacial score (nSPS) is 10.2. The first-order chi connectivity index (χ1) is 7.42. The zero-order chi connectivity index (χ0) is 10.5. The molecule has 76 valence electrons. The van der Waals surface area contributed by atoms with E-state index in [0.29, 0.717) is 6.54 Å². The fourth-order valence-corrected chi connectivity index (χ4v) is 1.67. The lowest BCUT2D eigenvalue weighted by molar-refractivity contribution is 0.969. The van der Waals surface area contributed by atoms with E-state index < -0.39 is 0 Å². The van der Waals surface area contributed by atoms with Crippen LogP contribution >= 0.6 is 0 Å². The molecule has 2 aromatic rings. The maximum Gasteiger partial charge on any atom is 0.0704 e. The Balaban J connectivity index is 2.43. The second-order valence-electron chi connectivity index (χ2n) is 3.41. The molecule has 1 heterocycles. The minimum Gasteiger partial charge on any atom is -0.330 e. The van der Waals surface area contributed by atoms with Crippen molar-refractivity contribution in [3.8, 4) is 11.3 Å². The molecule has 0 aliphatic carbocycles. The van der Waals surface area contributed by atoms with Crippen LogP contribution in [-0.2, 0) is 6.42 Å². The molecule has 0 fully saturated rings. The molecule has 0 atom stereocenters. The molecule has 2 rings (SSSR count). The Labute approximate surface area is 89.8 Å². The van der Waals surface area contributed by atoms with Crippen LogP contribution in [0.15, 0.2) is 48.7 Å². The van der Waals surface area contributed by atoms with Crippen LogP contribution in [0.2, 0.25) is 0 Å². The highest BCUT2D eigenvalue weighted by molar-refractivity contribution is 5.63. The summed E-state index contributed by atoms with van der Waals surface area (Å²) in [6, 6.07) is 14.2. The van der Waals surface area contributed by atoms with Gasteiger partial charge in [-0.1, -0.05) is 30.3 Å². The Hall–Kier alpha value is -1.67. The van der Waals surface area contributed by atoms with Crippen molar-refractivity contribution in [1.82, 2.24) is 4.98 Å². The zero-order valence-electron chi connectivity index (χ0n) is 8.56. The Kier molecular flexibility index (Phi) is 3.10. The van der Waals surface area contributed by atoms with Crippen LogP contribution in [0.5, 0.6) is 0 Å². The molecule has 0 saturated heterocycles. The molecule has 0 radical (unpaired) electrons. The average Bonchev–Trinajstić information content (AvgIpc) is 2.31. The number of pyridine rings is 1. The highest BCUT2D eigenvalue weighted by Crippen LogP contribution is 2.21. The predicted octanol–water partition coefficient (Wildman–Crippen LogP) is 2.25. The summed E-state index contributed by atoms with van der Waals surface area (Å²) in [6.07, 6.45) is 2.71. The van der Waals surface area contributed by atoms with Gasteiger partial charge in [-0.15, -0.1) is 0 Å². The molecule has 0 aliphatic rings. The molecule has 2 heteroatoms. The fourth-order valence-electron chi connectivity index (χ4n) is 1.67. The predicted molar refractivity (Wildman–Crippen MR) is 62.4 cm³/mol. The van der Waals surface area contributed by atoms with Crippen molar-refractivity contribution in [2.75, 3.05) is 6.54 Å². The van der Waals surface area contributed by atoms with Gasteiger partial charge in [0.1, 0.15) is 0 Å². The van der Waals surface area contributed by atoms with Crippen molar-refractivity contribution >= 4 is 0 Å². The van der Waals surface area contributed by atoms with Crippen LogP contribution in [0.25, 0.3) is 11.3 Å². The van der Waals surface area contributed by atoms with Gasteiger partial charge in [0.15, 0.2) is 0 Å². The Morgan fingerprint density at radius 3 is 2.53 bits per heavy atom. The molecule has 1 aromatic heterocycles. The highest BCUT2D eigenvalue weighted by Gasteiger charge is 2.03. The number of benzene rings is 1. The highest BCUT2D eigenvalue weighted by atomic mass is 14.7. The van der Waals surface area contributed by atoms with Gasteiger partial charge in [-0.05, 0) is 30.7 Å². The van der Waals surface area contributed by atoms with Crippen LogP contribution < -0.4 is 5.73 Å². The van der Waals surface area contributed by atoms with Crippen LogP contribution in [0.3, 0.4) is 0 Å². The first-order valence-electron chi connectivity index (χ1n) is 5.11. The minimum absolute atomic E-state index is 0.670. The van der Waals surface area contributed by atoms with E-state index in [9.17, 15) is 0 Å². The van der Waals surface area contributed by atoms with Gasteiger partial charge in [0.05, 0.1) is 5.69 Å². The number of nitrogens with zero attached hydrogens (tertiary/aromatic N) is 1. The maximum absolute atomic E-state index is 5.59. The van der Waals surface area contributed by atoms with Crippen LogP contribution in [0.1, 0.15) is 5.56 Å². The van der Waals surface area contributed by atoms with Crippen molar-refractivity contribution < 1.29 is 0 Å². The molecule has 2 nitrogen and oxygen atoms in total. The van der Waals surface area contributed by atoms with Gasteiger partial charge in [0.25, 0.3) is 0 Å². The number of hydrogen-bond donors (Lipinski definition) is 1. The van der Waals surface area contributed by atoms with Gasteiger partial charge in [0.2, 0.25) is 0 Å². The molecule has 0 saturated carbocycles. The molecule has 15 heavy (non-hydrogen) atoms. The molecular weight excluding hydrogens is 184 g/mol. The second-order valence-corrected chi connectivity index (χ2v) is 3.41. The third kappa shape index (κ3) is 2.22. The van der Waals surface area contributed by atoms with Gasteiger partial charge in [-0.2, -0.15) is 0 Å². The third-order valence-electron chi connectivity index (χ3n) is 2.37. The van der Waals surface area contributed by atoms with Crippen molar-refractivity contribution in [1.29, 1.82) is 0 Å². The number of hydrogen-bond acceptors (Lipinski definition) is 2. The SMILES string of the molecule is NCCc1ccccc1-c1ccccn1. The molecule has 0 unspecified atom stereocenters. The summed E-state index contributed by atoms with van der Waals surface area (Å²) in [4.78, 5) is 4.35. The van der Waals surface area contributed by atoms with Gasteiger partial charge >= 0.3 is 0 Å². The number of aromatic nitrogens is 1. The van der Waals surface area contributed by atoms with E-state index in [0.717, 1.165) is 12.1 Å². The summed E-state index contributed by atoms with van der Waals surface area (Å²) in [5, 5.41) is 0. The summed E-state index contributed by atoms with van der Waals surface area (Å²) >= 11 is 0. The summed E-state index contributed by atoms with van der Waals surface area (Å²) in [6.45, 7) is 0.670. The third-order valence-corrected chi connectivity index (χ3v) is 2.37. The van der Waals surface area contributed by atoms with E-state index in [-0.39, 0.29) is 0 Å². The largest absolute Gasteiger partial charge is 0.330 e. The molecule has 0 amide bonds. The van der Waals surface area contributed by atoms with Gasteiger partial charge in [0, 0.05) is 11.8 Å². The standard InChI is InChI=1S/C13H14N2/c14-9-8-11-5-1-2-6-12(11)13-7-3-4-10-15-13/h1-7,10H,8-9,14H2. The van der Waals surface area contributed by atoms with E-state index in [1.54, 1.807) is 0 Å². The van der Waals surface area contributed by atoms with E-state index in [1.807, 2.05) is 36.5 Å². The van der Waals surface area contributed by atoms with Crippen LogP contribution in [0, 0.1) is 0 Å². The quantitative estimate of drug-likeness (QED) is 0.821. The summed E-state index contributed by atoms with van der Waals surface area (Å²) in [5.41, 5.74) is 9.05. The molecule has 0 bridgehead atoms. The molecule has 0 spiro atoms. The van der Waals surface area contributed by atoms with Gasteiger partial charge in [-0.25, -0.2) is 0 Å². The van der Waals surface area contributed by atoms with Crippen molar-refractivity contribution in [3.63, 3.8) is 0 Å². The maximum atomic E-state index is 5.59. The van der Waals surface area contributed by atoms with Gasteiger partial charge < -0.3 is 5.73 Å². The first-order valence-corrected chi connectivity index (χ1v) is 5.11. The topological polar surface area (TPSA) is 38.9 Å². The smallest absolute Gasteiger partial charge is 0.0704 e. The fraction of sp³-hybridized carbons (Fsp3) is 0.154. The summed E-state index contributed by atoms with van der Waals surface area (Å²) in [5.74, 6) is 0. The van der Waals surface area contributed by atoms with Crippen molar-refractivity contribution in [3.05, 3.63) is 54.2 Å². The number of rotatable bonds is 3. The molecule has 2 N–H and O–H groups in total. The molecular formula is C13H14N2. The van der Waals surface area contributed by atoms with E-state index in [1.165, 1.54) is 11.1 Å². The van der Waals surface area contributed by atoms with E-state index >= 15 is 0 Å². The lowest BCUT2D eigenvalue weighted by Gasteiger charge is -2.07. The zero-order valence-corrected chi connectivity index (χ0v) is 8.56. The lowest BCUT2D eigenvalue weighted by atomic mass is 10.0. The van der Waals surface area contributed by atoms with Gasteiger partial charge in [-0.3, -0.25) is 4.98 Å². The Morgan fingerprint density at radius 1 is 1.00 bits per heavy atom. The van der Waals surface area contributed by atoms with Crippen molar-refractivity contribution in [2.24, 2.45) is 5.73 Å². The molecule has 1 aromatic carbocycles. The van der Waals surface area contributed by atoms with Crippen LogP contribution in [-0.4, -0.2) is 11.5 Å². The molecule has 0 aliphatic heterocycles. The summed E-state index contributed by atoms with van der Waals surface area (Å²) < 4.78 is 0. The van der Waals surface area contributed by atoms with Crippen molar-refractivity contribution in [2.45, 2.75) is 6.42 Å². The summed E-state index contributed by atoms with van der Waals surface area (Å²) in [7, 11) is 0. The Bertz CT molecular complexity index is 424. The first kappa shape index (κ1) is 9.87. The Morgan fingerprint density at radius 2 is 1.80 bits per heavy atom. The van der Waals surface area contributed by atoms with E-state index in [4.69, 9.17) is 5.73 Å². The monoisotopic (exact) mass is 198 g/mol. The average molecular weight is 198 g/mol. The lowest BCUT2D eigenvalue weighted by Crippen LogP contribution is -2.04. The van der Waals surface area contributed by atoms with E-state index in [2.05, 4.69) is 17.1 Å². The minimum atomic E-state index is 0.670. The van der Waals surface area contributed by atoms with Crippen LogP contribution in [0.4, 0.5) is 0 Å². The second kappa shape index (κ2) is 4.71.